The maximum absolute atomic E-state index is 12.3. The topological polar surface area (TPSA) is 41.6 Å². The molecule has 0 atom stereocenters. The van der Waals surface area contributed by atoms with Crippen LogP contribution in [-0.4, -0.2) is 32.2 Å². The Morgan fingerprint density at radius 1 is 1.05 bits per heavy atom. The van der Waals surface area contributed by atoms with Crippen LogP contribution in [0.4, 0.5) is 5.69 Å². The van der Waals surface area contributed by atoms with Gasteiger partial charge in [-0.15, -0.1) is 0 Å². The fraction of sp³-hybridized carbons (Fsp3) is 0.278. The van der Waals surface area contributed by atoms with Crippen molar-refractivity contribution >= 4 is 11.6 Å². The number of hydrogen-bond donors (Lipinski definition) is 1. The minimum atomic E-state index is -0.0426. The Balaban J connectivity index is 1.64. The first-order valence-corrected chi connectivity index (χ1v) is 7.58. The summed E-state index contributed by atoms with van der Waals surface area (Å²) in [6.45, 7) is 3.76. The lowest BCUT2D eigenvalue weighted by Gasteiger charge is -2.29. The Morgan fingerprint density at radius 2 is 1.82 bits per heavy atom. The third-order valence-electron chi connectivity index (χ3n) is 3.78. The van der Waals surface area contributed by atoms with Crippen molar-refractivity contribution in [3.8, 4) is 0 Å². The highest BCUT2D eigenvalue weighted by molar-refractivity contribution is 5.95. The number of benzene rings is 2. The summed E-state index contributed by atoms with van der Waals surface area (Å²) in [5, 5.41) is 2.96. The molecule has 1 aliphatic heterocycles. The fourth-order valence-electron chi connectivity index (χ4n) is 2.55. The second kappa shape index (κ2) is 7.09. The predicted octanol–water partition coefficient (Wildman–Crippen LogP) is 2.45. The van der Waals surface area contributed by atoms with E-state index in [0.717, 1.165) is 37.6 Å². The van der Waals surface area contributed by atoms with E-state index >= 15 is 0 Å². The van der Waals surface area contributed by atoms with Gasteiger partial charge in [0.05, 0.1) is 13.2 Å². The smallest absolute Gasteiger partial charge is 0.251 e. The molecule has 1 heterocycles. The van der Waals surface area contributed by atoms with Crippen molar-refractivity contribution in [3.05, 3.63) is 65.7 Å². The Kier molecular flexibility index (Phi) is 4.71. The van der Waals surface area contributed by atoms with Gasteiger partial charge >= 0.3 is 0 Å². The van der Waals surface area contributed by atoms with Crippen LogP contribution in [0.1, 0.15) is 15.9 Å². The zero-order valence-electron chi connectivity index (χ0n) is 12.5. The molecule has 1 N–H and O–H groups in total. The van der Waals surface area contributed by atoms with Gasteiger partial charge in [0.2, 0.25) is 0 Å². The largest absolute Gasteiger partial charge is 0.378 e. The molecule has 4 heteroatoms. The number of anilines is 1. The number of morpholine rings is 1. The van der Waals surface area contributed by atoms with Crippen molar-refractivity contribution < 1.29 is 9.53 Å². The molecule has 0 spiro atoms. The van der Waals surface area contributed by atoms with E-state index in [9.17, 15) is 4.79 Å². The van der Waals surface area contributed by atoms with Crippen LogP contribution in [0.2, 0.25) is 0 Å². The van der Waals surface area contributed by atoms with Gasteiger partial charge in [0, 0.05) is 30.9 Å². The third kappa shape index (κ3) is 3.65. The molecular formula is C18H20N2O2. The van der Waals surface area contributed by atoms with Crippen LogP contribution in [0.5, 0.6) is 0 Å². The van der Waals surface area contributed by atoms with Crippen molar-refractivity contribution in [1.82, 2.24) is 5.32 Å². The lowest BCUT2D eigenvalue weighted by Crippen LogP contribution is -2.36. The Labute approximate surface area is 130 Å². The zero-order chi connectivity index (χ0) is 15.2. The lowest BCUT2D eigenvalue weighted by atomic mass is 10.1. The van der Waals surface area contributed by atoms with Gasteiger partial charge in [0.25, 0.3) is 5.91 Å². The van der Waals surface area contributed by atoms with Crippen LogP contribution < -0.4 is 10.2 Å². The molecule has 1 saturated heterocycles. The highest BCUT2D eigenvalue weighted by Crippen LogP contribution is 2.17. The number of carbonyl (C=O) groups is 1. The zero-order valence-corrected chi connectivity index (χ0v) is 12.5. The molecule has 1 aliphatic rings. The van der Waals surface area contributed by atoms with E-state index in [1.165, 1.54) is 0 Å². The molecular weight excluding hydrogens is 276 g/mol. The molecule has 1 amide bonds. The van der Waals surface area contributed by atoms with Gasteiger partial charge in [0.1, 0.15) is 0 Å². The summed E-state index contributed by atoms with van der Waals surface area (Å²) in [5.74, 6) is -0.0426. The second-order valence-electron chi connectivity index (χ2n) is 5.32. The van der Waals surface area contributed by atoms with Gasteiger partial charge in [-0.2, -0.15) is 0 Å². The molecule has 22 heavy (non-hydrogen) atoms. The molecule has 0 unspecified atom stereocenters. The van der Waals surface area contributed by atoms with E-state index < -0.39 is 0 Å². The van der Waals surface area contributed by atoms with Crippen LogP contribution in [0.15, 0.2) is 54.6 Å². The standard InChI is InChI=1S/C18H20N2O2/c21-18(19-14-15-5-2-1-3-6-15)16-7-4-8-17(13-16)20-9-11-22-12-10-20/h1-8,13H,9-12,14H2,(H,19,21). The summed E-state index contributed by atoms with van der Waals surface area (Å²) in [6.07, 6.45) is 0. The highest BCUT2D eigenvalue weighted by atomic mass is 16.5. The lowest BCUT2D eigenvalue weighted by molar-refractivity contribution is 0.0951. The molecule has 114 valence electrons. The molecule has 2 aromatic carbocycles. The number of nitrogens with zero attached hydrogens (tertiary/aromatic N) is 1. The summed E-state index contributed by atoms with van der Waals surface area (Å²) >= 11 is 0. The van der Waals surface area contributed by atoms with Crippen molar-refractivity contribution in [2.75, 3.05) is 31.2 Å². The average molecular weight is 296 g/mol. The summed E-state index contributed by atoms with van der Waals surface area (Å²) in [7, 11) is 0. The summed E-state index contributed by atoms with van der Waals surface area (Å²) in [4.78, 5) is 14.5. The van der Waals surface area contributed by atoms with Crippen molar-refractivity contribution in [2.45, 2.75) is 6.54 Å². The molecule has 0 aromatic heterocycles. The molecule has 1 fully saturated rings. The van der Waals surface area contributed by atoms with Gasteiger partial charge in [-0.25, -0.2) is 0 Å². The molecule has 2 aromatic rings. The molecule has 4 nitrogen and oxygen atoms in total. The quantitative estimate of drug-likeness (QED) is 0.942. The first kappa shape index (κ1) is 14.6. The van der Waals surface area contributed by atoms with Crippen LogP contribution in [-0.2, 0) is 11.3 Å². The maximum atomic E-state index is 12.3. The summed E-state index contributed by atoms with van der Waals surface area (Å²) in [6, 6.07) is 17.7. The number of carbonyl (C=O) groups excluding carboxylic acids is 1. The van der Waals surface area contributed by atoms with E-state index in [2.05, 4.69) is 10.2 Å². The minimum Gasteiger partial charge on any atom is -0.378 e. The number of hydrogen-bond acceptors (Lipinski definition) is 3. The number of nitrogens with one attached hydrogen (secondary N) is 1. The van der Waals surface area contributed by atoms with Crippen LogP contribution >= 0.6 is 0 Å². The van der Waals surface area contributed by atoms with Crippen LogP contribution in [0.3, 0.4) is 0 Å². The maximum Gasteiger partial charge on any atom is 0.251 e. The van der Waals surface area contributed by atoms with Crippen molar-refractivity contribution in [1.29, 1.82) is 0 Å². The third-order valence-corrected chi connectivity index (χ3v) is 3.78. The predicted molar refractivity (Wildman–Crippen MR) is 87.1 cm³/mol. The van der Waals surface area contributed by atoms with Crippen molar-refractivity contribution in [3.63, 3.8) is 0 Å². The van der Waals surface area contributed by atoms with E-state index in [1.54, 1.807) is 0 Å². The normalized spacial score (nSPS) is 14.6. The molecule has 0 radical (unpaired) electrons. The van der Waals surface area contributed by atoms with Gasteiger partial charge in [-0.1, -0.05) is 36.4 Å². The van der Waals surface area contributed by atoms with E-state index in [-0.39, 0.29) is 5.91 Å². The summed E-state index contributed by atoms with van der Waals surface area (Å²) < 4.78 is 5.37. The molecule has 0 bridgehead atoms. The Morgan fingerprint density at radius 3 is 2.59 bits per heavy atom. The number of rotatable bonds is 4. The first-order valence-electron chi connectivity index (χ1n) is 7.58. The molecule has 0 aliphatic carbocycles. The van der Waals surface area contributed by atoms with Crippen LogP contribution in [0.25, 0.3) is 0 Å². The van der Waals surface area contributed by atoms with Gasteiger partial charge in [0.15, 0.2) is 0 Å². The second-order valence-corrected chi connectivity index (χ2v) is 5.32. The van der Waals surface area contributed by atoms with E-state index in [1.807, 2.05) is 54.6 Å². The van der Waals surface area contributed by atoms with Gasteiger partial charge < -0.3 is 15.0 Å². The number of ether oxygens (including phenoxy) is 1. The summed E-state index contributed by atoms with van der Waals surface area (Å²) in [5.41, 5.74) is 2.87. The van der Waals surface area contributed by atoms with Gasteiger partial charge in [-0.05, 0) is 23.8 Å². The highest BCUT2D eigenvalue weighted by Gasteiger charge is 2.13. The van der Waals surface area contributed by atoms with Crippen molar-refractivity contribution in [2.24, 2.45) is 0 Å². The SMILES string of the molecule is O=C(NCc1ccccc1)c1cccc(N2CCOCC2)c1. The van der Waals surface area contributed by atoms with Crippen LogP contribution in [0, 0.1) is 0 Å². The van der Waals surface area contributed by atoms with Gasteiger partial charge in [-0.3, -0.25) is 4.79 Å². The number of amides is 1. The minimum absolute atomic E-state index is 0.0426. The van der Waals surface area contributed by atoms with E-state index in [4.69, 9.17) is 4.74 Å². The first-order chi connectivity index (χ1) is 10.8. The fourth-order valence-corrected chi connectivity index (χ4v) is 2.55. The Bertz CT molecular complexity index is 622. The Hall–Kier alpha value is -2.33. The monoisotopic (exact) mass is 296 g/mol. The molecule has 3 rings (SSSR count). The average Bonchev–Trinajstić information content (AvgIpc) is 2.61. The molecule has 0 saturated carbocycles. The van der Waals surface area contributed by atoms with E-state index in [0.29, 0.717) is 12.1 Å².